The van der Waals surface area contributed by atoms with E-state index < -0.39 is 12.1 Å². The second-order valence-electron chi connectivity index (χ2n) is 9.14. The van der Waals surface area contributed by atoms with Gasteiger partial charge < -0.3 is 14.9 Å². The summed E-state index contributed by atoms with van der Waals surface area (Å²) in [6.07, 6.45) is 2.26. The van der Waals surface area contributed by atoms with Crippen molar-refractivity contribution < 1.29 is 19.3 Å². The fourth-order valence-corrected chi connectivity index (χ4v) is 5.05. The molecule has 29 heavy (non-hydrogen) atoms. The highest BCUT2D eigenvalue weighted by Gasteiger charge is 2.58. The first-order chi connectivity index (χ1) is 13.7. The Morgan fingerprint density at radius 1 is 1.21 bits per heavy atom. The van der Waals surface area contributed by atoms with E-state index in [4.69, 9.17) is 4.74 Å². The third-order valence-electron chi connectivity index (χ3n) is 6.75. The molecular formula is C22H28FN3O3. The lowest BCUT2D eigenvalue weighted by molar-refractivity contribution is 0.105. The predicted molar refractivity (Wildman–Crippen MR) is 106 cm³/mol. The van der Waals surface area contributed by atoms with Gasteiger partial charge in [-0.25, -0.2) is 4.98 Å². The fourth-order valence-electron chi connectivity index (χ4n) is 5.05. The third kappa shape index (κ3) is 3.81. The van der Waals surface area contributed by atoms with Crippen molar-refractivity contribution in [2.75, 3.05) is 19.6 Å². The van der Waals surface area contributed by atoms with E-state index in [-0.39, 0.29) is 28.4 Å². The van der Waals surface area contributed by atoms with Crippen molar-refractivity contribution >= 4 is 0 Å². The van der Waals surface area contributed by atoms with Crippen molar-refractivity contribution in [3.05, 3.63) is 47.8 Å². The zero-order valence-electron chi connectivity index (χ0n) is 17.1. The minimum absolute atomic E-state index is 0.0222. The van der Waals surface area contributed by atoms with E-state index in [9.17, 15) is 14.6 Å². The number of hydrogen-bond donors (Lipinski definition) is 2. The lowest BCUT2D eigenvalue weighted by Crippen LogP contribution is -2.31. The third-order valence-corrected chi connectivity index (χ3v) is 6.75. The molecule has 1 aliphatic carbocycles. The molecule has 7 heteroatoms. The second kappa shape index (κ2) is 7.22. The number of hydrogen-bond acceptors (Lipinski definition) is 6. The summed E-state index contributed by atoms with van der Waals surface area (Å²) in [5, 5.41) is 19.9. The summed E-state index contributed by atoms with van der Waals surface area (Å²) >= 11 is 0. The molecule has 4 rings (SSSR count). The summed E-state index contributed by atoms with van der Waals surface area (Å²) in [7, 11) is 0. The number of aliphatic hydroxyl groups excluding tert-OH is 1. The summed E-state index contributed by atoms with van der Waals surface area (Å²) in [5.74, 6) is -0.245. The van der Waals surface area contributed by atoms with Crippen LogP contribution in [-0.2, 0) is 0 Å². The number of aromatic nitrogens is 2. The maximum atomic E-state index is 14.1. The van der Waals surface area contributed by atoms with E-state index in [0.717, 1.165) is 25.9 Å². The molecule has 4 atom stereocenters. The molecule has 1 saturated heterocycles. The molecule has 156 valence electrons. The number of aliphatic hydroxyl groups is 1. The molecule has 1 saturated carbocycles. The molecule has 0 aromatic carbocycles. The van der Waals surface area contributed by atoms with E-state index in [1.807, 2.05) is 0 Å². The van der Waals surface area contributed by atoms with E-state index >= 15 is 0 Å². The van der Waals surface area contributed by atoms with Crippen molar-refractivity contribution in [3.8, 4) is 11.5 Å². The minimum Gasteiger partial charge on any atom is -0.506 e. The van der Waals surface area contributed by atoms with Crippen LogP contribution in [0.5, 0.6) is 11.5 Å². The van der Waals surface area contributed by atoms with Crippen molar-refractivity contribution in [3.63, 3.8) is 0 Å². The molecule has 2 fully saturated rings. The van der Waals surface area contributed by atoms with Gasteiger partial charge in [0.2, 0.25) is 0 Å². The first-order valence-corrected chi connectivity index (χ1v) is 10.0. The van der Waals surface area contributed by atoms with Crippen LogP contribution in [0.25, 0.3) is 0 Å². The Hall–Kier alpha value is -2.25. The average Bonchev–Trinajstić information content (AvgIpc) is 3.00. The highest BCUT2D eigenvalue weighted by molar-refractivity contribution is 5.23. The van der Waals surface area contributed by atoms with E-state index in [0.29, 0.717) is 17.9 Å². The molecule has 2 aliphatic rings. The molecule has 2 aromatic heterocycles. The smallest absolute Gasteiger partial charge is 0.255 e. The normalized spacial score (nSPS) is 30.3. The topological polar surface area (TPSA) is 78.7 Å². The van der Waals surface area contributed by atoms with E-state index in [2.05, 4.69) is 28.7 Å². The molecule has 6 nitrogen and oxygen atoms in total. The van der Waals surface area contributed by atoms with Crippen molar-refractivity contribution in [1.29, 1.82) is 0 Å². The fraction of sp³-hybridized carbons (Fsp3) is 0.545. The van der Waals surface area contributed by atoms with Crippen LogP contribution >= 0.6 is 0 Å². The van der Waals surface area contributed by atoms with E-state index in [1.54, 1.807) is 25.1 Å². The summed E-state index contributed by atoms with van der Waals surface area (Å²) < 4.78 is 20.1. The van der Waals surface area contributed by atoms with Crippen LogP contribution in [0, 0.1) is 23.7 Å². The molecule has 1 aliphatic heterocycles. The van der Waals surface area contributed by atoms with Crippen LogP contribution in [0.2, 0.25) is 0 Å². The van der Waals surface area contributed by atoms with Gasteiger partial charge in [-0.15, -0.1) is 0 Å². The zero-order chi connectivity index (χ0) is 20.8. The van der Waals surface area contributed by atoms with Crippen LogP contribution in [0.1, 0.15) is 44.2 Å². The molecule has 3 heterocycles. The number of fused-ring (bicyclic) bond motifs is 1. The van der Waals surface area contributed by atoms with Crippen LogP contribution in [0.4, 0.5) is 4.39 Å². The summed E-state index contributed by atoms with van der Waals surface area (Å²) in [4.78, 5) is 10.2. The molecule has 2 aromatic rings. The summed E-state index contributed by atoms with van der Waals surface area (Å²) in [6.45, 7) is 8.44. The lowest BCUT2D eigenvalue weighted by Gasteiger charge is -2.32. The zero-order valence-corrected chi connectivity index (χ0v) is 17.1. The van der Waals surface area contributed by atoms with Gasteiger partial charge in [0.05, 0.1) is 11.9 Å². The molecule has 2 N–H and O–H groups in total. The molecule has 0 radical (unpaired) electrons. The van der Waals surface area contributed by atoms with Gasteiger partial charge in [-0.3, -0.25) is 9.88 Å². The van der Waals surface area contributed by atoms with Gasteiger partial charge in [0.25, 0.3) is 5.95 Å². The van der Waals surface area contributed by atoms with Gasteiger partial charge in [0.15, 0.2) is 5.75 Å². The van der Waals surface area contributed by atoms with Crippen molar-refractivity contribution in [2.24, 2.45) is 10.8 Å². The minimum atomic E-state index is -0.707. The number of nitrogens with zero attached hydrogens (tertiary/aromatic N) is 3. The first kappa shape index (κ1) is 20.0. The largest absolute Gasteiger partial charge is 0.506 e. The van der Waals surface area contributed by atoms with Crippen LogP contribution < -0.4 is 4.74 Å². The summed E-state index contributed by atoms with van der Waals surface area (Å²) in [5.41, 5.74) is 1.23. The van der Waals surface area contributed by atoms with Gasteiger partial charge in [-0.1, -0.05) is 13.8 Å². The number of aromatic hydroxyl groups is 1. The van der Waals surface area contributed by atoms with Crippen LogP contribution in [-0.4, -0.2) is 50.8 Å². The van der Waals surface area contributed by atoms with Crippen LogP contribution in [0.3, 0.4) is 0 Å². The SMILES string of the molecule is Cc1ccc(OC2C[C@@]3(C)CN(CC(O)c4ccc(O)cn4)C[C@@]3(C)C2)c(F)n1. The van der Waals surface area contributed by atoms with E-state index in [1.165, 1.54) is 12.3 Å². The molecule has 0 bridgehead atoms. The summed E-state index contributed by atoms with van der Waals surface area (Å²) in [6, 6.07) is 6.60. The average molecular weight is 401 g/mol. The predicted octanol–water partition coefficient (Wildman–Crippen LogP) is 3.23. The molecular weight excluding hydrogens is 373 g/mol. The van der Waals surface area contributed by atoms with Gasteiger partial charge >= 0.3 is 0 Å². The first-order valence-electron chi connectivity index (χ1n) is 10.0. The molecule has 0 spiro atoms. The number of β-amino-alcohol motifs (C(OH)–C–C–N with tert-alkyl or cyclic N) is 1. The van der Waals surface area contributed by atoms with Gasteiger partial charge in [-0.05, 0) is 54.9 Å². The highest BCUT2D eigenvalue weighted by Crippen LogP contribution is 2.58. The Morgan fingerprint density at radius 3 is 2.48 bits per heavy atom. The van der Waals surface area contributed by atoms with Crippen molar-refractivity contribution in [2.45, 2.75) is 45.8 Å². The number of aryl methyl sites for hydroxylation is 1. The maximum Gasteiger partial charge on any atom is 0.255 e. The number of halogens is 1. The number of pyridine rings is 2. The number of rotatable bonds is 5. The van der Waals surface area contributed by atoms with Gasteiger partial charge in [0, 0.05) is 25.3 Å². The Morgan fingerprint density at radius 2 is 1.90 bits per heavy atom. The van der Waals surface area contributed by atoms with Gasteiger partial charge in [0.1, 0.15) is 18.0 Å². The monoisotopic (exact) mass is 401 g/mol. The quantitative estimate of drug-likeness (QED) is 0.749. The maximum absolute atomic E-state index is 14.1. The molecule has 0 amide bonds. The van der Waals surface area contributed by atoms with Crippen molar-refractivity contribution in [1.82, 2.24) is 14.9 Å². The number of ether oxygens (including phenoxy) is 1. The molecule has 2 unspecified atom stereocenters. The highest BCUT2D eigenvalue weighted by atomic mass is 19.1. The lowest BCUT2D eigenvalue weighted by atomic mass is 9.71. The Balaban J connectivity index is 1.40. The number of likely N-dealkylation sites (tertiary alicyclic amines) is 1. The second-order valence-corrected chi connectivity index (χ2v) is 9.14. The Kier molecular flexibility index (Phi) is 4.99. The van der Waals surface area contributed by atoms with Crippen LogP contribution in [0.15, 0.2) is 30.5 Å². The van der Waals surface area contributed by atoms with Gasteiger partial charge in [-0.2, -0.15) is 4.39 Å². The standard InChI is InChI=1S/C22H28FN3O3/c1-14-4-7-19(20(23)25-14)29-16-8-21(2)12-26(13-22(21,3)9-16)11-18(28)17-6-5-15(27)10-24-17/h4-7,10,16,18,27-28H,8-9,11-13H2,1-3H3/t16?,18?,21-,22+. The Labute approximate surface area is 170 Å². The Bertz CT molecular complexity index is 873.